The Balaban J connectivity index is 1.60. The number of nitrogens with two attached hydrogens (primary N) is 1. The number of rotatable bonds is 6. The summed E-state index contributed by atoms with van der Waals surface area (Å²) in [5.41, 5.74) is 7.04. The van der Waals surface area contributed by atoms with E-state index in [0.717, 1.165) is 12.8 Å². The number of benzene rings is 1. The maximum atomic E-state index is 13.5. The summed E-state index contributed by atoms with van der Waals surface area (Å²) >= 11 is 5.92. The molecule has 1 aliphatic rings. The first-order valence-electron chi connectivity index (χ1n) is 10.6. The molecule has 172 valence electrons. The van der Waals surface area contributed by atoms with Crippen molar-refractivity contribution in [2.45, 2.75) is 37.8 Å². The number of hydrogen-bond acceptors (Lipinski definition) is 4. The van der Waals surface area contributed by atoms with Crippen molar-refractivity contribution >= 4 is 40.2 Å². The van der Waals surface area contributed by atoms with Crippen LogP contribution in [0.4, 0.5) is 4.39 Å². The lowest BCUT2D eigenvalue weighted by molar-refractivity contribution is -0.142. The summed E-state index contributed by atoms with van der Waals surface area (Å²) in [6, 6.07) is 7.23. The van der Waals surface area contributed by atoms with Gasteiger partial charge >= 0.3 is 0 Å². The van der Waals surface area contributed by atoms with Crippen molar-refractivity contribution in [1.29, 1.82) is 0 Å². The van der Waals surface area contributed by atoms with E-state index in [2.05, 4.69) is 15.3 Å². The predicted octanol–water partition coefficient (Wildman–Crippen LogP) is 2.56. The van der Waals surface area contributed by atoms with E-state index < -0.39 is 35.6 Å². The average Bonchev–Trinajstić information content (AvgIpc) is 3.23. The van der Waals surface area contributed by atoms with Gasteiger partial charge in [-0.3, -0.25) is 14.4 Å². The molecule has 4 rings (SSSR count). The van der Waals surface area contributed by atoms with Gasteiger partial charge in [0.2, 0.25) is 11.8 Å². The fourth-order valence-electron chi connectivity index (χ4n) is 4.11. The molecule has 10 heteroatoms. The number of nitrogens with one attached hydrogen (secondary N) is 2. The topological polar surface area (TPSA) is 121 Å². The van der Waals surface area contributed by atoms with E-state index in [1.807, 2.05) is 0 Å². The van der Waals surface area contributed by atoms with Crippen LogP contribution in [0.2, 0.25) is 5.15 Å². The first-order chi connectivity index (χ1) is 15.8. The Morgan fingerprint density at radius 2 is 2.00 bits per heavy atom. The molecular weight excluding hydrogens is 449 g/mol. The molecule has 33 heavy (non-hydrogen) atoms. The zero-order valence-electron chi connectivity index (χ0n) is 17.7. The Morgan fingerprint density at radius 1 is 1.24 bits per heavy atom. The lowest BCUT2D eigenvalue weighted by Gasteiger charge is -2.36. The molecule has 1 aromatic carbocycles. The van der Waals surface area contributed by atoms with Crippen molar-refractivity contribution in [1.82, 2.24) is 20.2 Å². The third-order valence-electron chi connectivity index (χ3n) is 5.79. The quantitative estimate of drug-likeness (QED) is 0.478. The number of aromatic nitrogens is 2. The molecule has 0 saturated carbocycles. The van der Waals surface area contributed by atoms with Crippen LogP contribution in [0.15, 0.2) is 42.6 Å². The molecule has 0 spiro atoms. The standard InChI is InChI=1S/C23H23ClFN5O3/c24-20-11-14-10-16(28-18(14)12-27-20)22(32)29-17(9-13-4-6-15(25)7-5-13)23(33)30-8-2-1-3-19(30)21(26)31/h4-7,10-12,17,19,28H,1-3,8-9H2,(H2,26,31)(H,29,32)/t17-,19-/m0/s1. The highest BCUT2D eigenvalue weighted by molar-refractivity contribution is 6.30. The fourth-order valence-corrected chi connectivity index (χ4v) is 4.28. The van der Waals surface area contributed by atoms with E-state index >= 15 is 0 Å². The molecule has 3 aromatic rings. The largest absolute Gasteiger partial charge is 0.368 e. The Hall–Kier alpha value is -3.46. The second kappa shape index (κ2) is 9.58. The molecule has 2 atom stereocenters. The molecule has 4 N–H and O–H groups in total. The second-order valence-electron chi connectivity index (χ2n) is 8.08. The maximum Gasteiger partial charge on any atom is 0.268 e. The maximum absolute atomic E-state index is 13.5. The van der Waals surface area contributed by atoms with Crippen molar-refractivity contribution in [3.8, 4) is 0 Å². The van der Waals surface area contributed by atoms with Gasteiger partial charge in [0.05, 0.1) is 11.7 Å². The van der Waals surface area contributed by atoms with Crippen molar-refractivity contribution in [2.24, 2.45) is 5.73 Å². The highest BCUT2D eigenvalue weighted by Crippen LogP contribution is 2.21. The van der Waals surface area contributed by atoms with Gasteiger partial charge in [0.15, 0.2) is 0 Å². The molecule has 3 amide bonds. The minimum atomic E-state index is -0.976. The Bertz CT molecular complexity index is 1200. The highest BCUT2D eigenvalue weighted by atomic mass is 35.5. The molecule has 0 unspecified atom stereocenters. The summed E-state index contributed by atoms with van der Waals surface area (Å²) in [4.78, 5) is 46.8. The number of primary amides is 1. The van der Waals surface area contributed by atoms with Crippen LogP contribution >= 0.6 is 11.6 Å². The summed E-state index contributed by atoms with van der Waals surface area (Å²) in [5.74, 6) is -1.89. The van der Waals surface area contributed by atoms with E-state index in [1.54, 1.807) is 24.3 Å². The number of H-pyrrole nitrogens is 1. The number of hydrogen-bond donors (Lipinski definition) is 3. The van der Waals surface area contributed by atoms with Gasteiger partial charge in [-0.2, -0.15) is 0 Å². The van der Waals surface area contributed by atoms with Crippen molar-refractivity contribution in [3.63, 3.8) is 0 Å². The van der Waals surface area contributed by atoms with Gasteiger partial charge < -0.3 is 20.9 Å². The molecule has 1 aliphatic heterocycles. The fraction of sp³-hybridized carbons (Fsp3) is 0.304. The first kappa shape index (κ1) is 22.7. The number of likely N-dealkylation sites (tertiary alicyclic amines) is 1. The van der Waals surface area contributed by atoms with E-state index in [0.29, 0.717) is 34.6 Å². The van der Waals surface area contributed by atoms with Crippen LogP contribution in [-0.4, -0.2) is 51.2 Å². The molecule has 2 aromatic heterocycles. The van der Waals surface area contributed by atoms with E-state index in [4.69, 9.17) is 17.3 Å². The normalized spacial score (nSPS) is 17.0. The van der Waals surface area contributed by atoms with Crippen LogP contribution in [0.25, 0.3) is 10.9 Å². The van der Waals surface area contributed by atoms with E-state index in [-0.39, 0.29) is 12.1 Å². The van der Waals surface area contributed by atoms with Crippen LogP contribution in [0.1, 0.15) is 35.3 Å². The van der Waals surface area contributed by atoms with Gasteiger partial charge in [-0.15, -0.1) is 0 Å². The zero-order valence-corrected chi connectivity index (χ0v) is 18.4. The molecule has 8 nitrogen and oxygen atoms in total. The third kappa shape index (κ3) is 5.14. The monoisotopic (exact) mass is 471 g/mol. The first-order valence-corrected chi connectivity index (χ1v) is 11.0. The van der Waals surface area contributed by atoms with Crippen LogP contribution < -0.4 is 11.1 Å². The number of aromatic amines is 1. The Morgan fingerprint density at radius 3 is 2.73 bits per heavy atom. The summed E-state index contributed by atoms with van der Waals surface area (Å²) in [5, 5.41) is 3.76. The van der Waals surface area contributed by atoms with Crippen LogP contribution in [0.3, 0.4) is 0 Å². The lowest BCUT2D eigenvalue weighted by Crippen LogP contribution is -2.57. The molecular formula is C23H23ClFN5O3. The summed E-state index contributed by atoms with van der Waals surface area (Å²) in [7, 11) is 0. The minimum Gasteiger partial charge on any atom is -0.368 e. The number of halogens is 2. The molecule has 0 radical (unpaired) electrons. The third-order valence-corrected chi connectivity index (χ3v) is 5.99. The summed E-state index contributed by atoms with van der Waals surface area (Å²) < 4.78 is 13.4. The highest BCUT2D eigenvalue weighted by Gasteiger charge is 2.35. The number of nitrogens with zero attached hydrogens (tertiary/aromatic N) is 2. The van der Waals surface area contributed by atoms with Gasteiger partial charge in [0.1, 0.15) is 28.7 Å². The van der Waals surface area contributed by atoms with Gasteiger partial charge in [0.25, 0.3) is 5.91 Å². The number of pyridine rings is 1. The van der Waals surface area contributed by atoms with Gasteiger partial charge in [-0.1, -0.05) is 23.7 Å². The molecule has 0 bridgehead atoms. The minimum absolute atomic E-state index is 0.125. The number of carbonyl (C=O) groups excluding carboxylic acids is 3. The Labute approximate surface area is 194 Å². The van der Waals surface area contributed by atoms with Crippen molar-refractivity contribution < 1.29 is 18.8 Å². The molecule has 1 saturated heterocycles. The van der Waals surface area contributed by atoms with Gasteiger partial charge in [-0.25, -0.2) is 9.37 Å². The van der Waals surface area contributed by atoms with Crippen LogP contribution in [0, 0.1) is 5.82 Å². The van der Waals surface area contributed by atoms with Crippen molar-refractivity contribution in [2.75, 3.05) is 6.54 Å². The average molecular weight is 472 g/mol. The van der Waals surface area contributed by atoms with E-state index in [9.17, 15) is 18.8 Å². The predicted molar refractivity (Wildman–Crippen MR) is 121 cm³/mol. The van der Waals surface area contributed by atoms with Gasteiger partial charge in [0, 0.05) is 18.4 Å². The molecule has 3 heterocycles. The SMILES string of the molecule is NC(=O)[C@@H]1CCCCN1C(=O)[C@H](Cc1ccc(F)cc1)NC(=O)c1cc2cc(Cl)ncc2[nH]1. The second-order valence-corrected chi connectivity index (χ2v) is 8.47. The number of amides is 3. The van der Waals surface area contributed by atoms with Crippen LogP contribution in [0.5, 0.6) is 0 Å². The zero-order chi connectivity index (χ0) is 23.5. The number of piperidine rings is 1. The van der Waals surface area contributed by atoms with Crippen LogP contribution in [-0.2, 0) is 16.0 Å². The molecule has 1 fully saturated rings. The number of fused-ring (bicyclic) bond motifs is 1. The number of carbonyl (C=O) groups is 3. The smallest absolute Gasteiger partial charge is 0.268 e. The summed E-state index contributed by atoms with van der Waals surface area (Å²) in [6.07, 6.45) is 3.65. The lowest BCUT2D eigenvalue weighted by atomic mass is 9.98. The Kier molecular flexibility index (Phi) is 6.60. The van der Waals surface area contributed by atoms with E-state index in [1.165, 1.54) is 23.2 Å². The van der Waals surface area contributed by atoms with Crippen molar-refractivity contribution in [3.05, 3.63) is 64.8 Å². The van der Waals surface area contributed by atoms with Gasteiger partial charge in [-0.05, 0) is 49.1 Å². The molecule has 0 aliphatic carbocycles. The summed E-state index contributed by atoms with van der Waals surface area (Å²) in [6.45, 7) is 0.374.